The van der Waals surface area contributed by atoms with Crippen molar-refractivity contribution >= 4 is 6.09 Å². The van der Waals surface area contributed by atoms with Crippen molar-refractivity contribution in [3.63, 3.8) is 0 Å². The Morgan fingerprint density at radius 3 is 2.35 bits per heavy atom. The van der Waals surface area contributed by atoms with E-state index in [1.165, 1.54) is 4.90 Å². The summed E-state index contributed by atoms with van der Waals surface area (Å²) < 4.78 is 5.31. The van der Waals surface area contributed by atoms with Crippen LogP contribution < -0.4 is 0 Å². The van der Waals surface area contributed by atoms with Crippen LogP contribution in [0.4, 0.5) is 4.79 Å². The number of β-amino-alcohol motifs (C(OH)–C–C–N with tert-alkyl or cyclic N) is 1. The molecule has 2 rings (SSSR count). The number of hydrogen-bond acceptors (Lipinski definition) is 4. The summed E-state index contributed by atoms with van der Waals surface area (Å²) in [5.41, 5.74) is -1.14. The van der Waals surface area contributed by atoms with E-state index in [1.807, 2.05) is 0 Å². The predicted molar refractivity (Wildman–Crippen MR) is 61.5 cm³/mol. The summed E-state index contributed by atoms with van der Waals surface area (Å²) in [5.74, 6) is 0. The minimum atomic E-state index is -0.859. The van der Waals surface area contributed by atoms with Gasteiger partial charge < -0.3 is 14.9 Å². The second-order valence-electron chi connectivity index (χ2n) is 6.06. The molecule has 1 heterocycles. The number of ether oxygens (including phenoxy) is 1. The summed E-state index contributed by atoms with van der Waals surface area (Å²) >= 11 is 0. The molecular weight excluding hydrogens is 222 g/mol. The van der Waals surface area contributed by atoms with Gasteiger partial charge in [-0.2, -0.15) is 0 Å². The second-order valence-corrected chi connectivity index (χ2v) is 6.06. The fourth-order valence-corrected chi connectivity index (χ4v) is 2.66. The number of likely N-dealkylation sites (tertiary alicyclic amines) is 1. The highest BCUT2D eigenvalue weighted by Crippen LogP contribution is 2.46. The Balaban J connectivity index is 2.13. The number of aliphatic hydroxyl groups is 2. The van der Waals surface area contributed by atoms with Crippen molar-refractivity contribution in [1.29, 1.82) is 0 Å². The molecule has 1 saturated carbocycles. The van der Waals surface area contributed by atoms with E-state index in [-0.39, 0.29) is 6.54 Å². The summed E-state index contributed by atoms with van der Waals surface area (Å²) in [6.07, 6.45) is 0.317. The lowest BCUT2D eigenvalue weighted by Crippen LogP contribution is -2.58. The molecule has 1 aliphatic carbocycles. The van der Waals surface area contributed by atoms with Gasteiger partial charge in [-0.15, -0.1) is 0 Å². The number of aliphatic hydroxyl groups excluding tert-OH is 2. The average molecular weight is 243 g/mol. The molecule has 1 amide bonds. The van der Waals surface area contributed by atoms with Crippen molar-refractivity contribution in [3.8, 4) is 0 Å². The molecule has 0 unspecified atom stereocenters. The Morgan fingerprint density at radius 1 is 1.35 bits per heavy atom. The first-order valence-electron chi connectivity index (χ1n) is 6.13. The maximum absolute atomic E-state index is 12.0. The van der Waals surface area contributed by atoms with Crippen molar-refractivity contribution in [2.45, 2.75) is 63.4 Å². The largest absolute Gasteiger partial charge is 0.444 e. The highest BCUT2D eigenvalue weighted by molar-refractivity contribution is 5.70. The molecule has 1 spiro atoms. The SMILES string of the molecule is CC(C)(C)OC(=O)N1C[C@@H](O)[C@@H](O)C12CCC2. The Morgan fingerprint density at radius 2 is 1.94 bits per heavy atom. The highest BCUT2D eigenvalue weighted by atomic mass is 16.6. The smallest absolute Gasteiger partial charge is 0.410 e. The zero-order valence-electron chi connectivity index (χ0n) is 10.6. The molecule has 2 N–H and O–H groups in total. The van der Waals surface area contributed by atoms with Gasteiger partial charge in [-0.05, 0) is 40.0 Å². The van der Waals surface area contributed by atoms with Crippen LogP contribution in [0, 0.1) is 0 Å². The van der Waals surface area contributed by atoms with Gasteiger partial charge in [0.1, 0.15) is 11.7 Å². The van der Waals surface area contributed by atoms with E-state index in [1.54, 1.807) is 20.8 Å². The summed E-state index contributed by atoms with van der Waals surface area (Å²) in [5, 5.41) is 19.7. The van der Waals surface area contributed by atoms with E-state index in [2.05, 4.69) is 0 Å². The van der Waals surface area contributed by atoms with Crippen LogP contribution in [-0.4, -0.2) is 51.1 Å². The Bertz CT molecular complexity index is 319. The molecule has 2 atom stereocenters. The van der Waals surface area contributed by atoms with Crippen LogP contribution in [0.25, 0.3) is 0 Å². The molecular formula is C12H21NO4. The molecule has 0 aromatic carbocycles. The van der Waals surface area contributed by atoms with Gasteiger partial charge in [0.15, 0.2) is 0 Å². The van der Waals surface area contributed by atoms with E-state index in [0.717, 1.165) is 19.3 Å². The number of carbonyl (C=O) groups excluding carboxylic acids is 1. The first kappa shape index (κ1) is 12.6. The van der Waals surface area contributed by atoms with Gasteiger partial charge in [-0.25, -0.2) is 4.79 Å². The van der Waals surface area contributed by atoms with Gasteiger partial charge in [0.05, 0.1) is 18.2 Å². The summed E-state index contributed by atoms with van der Waals surface area (Å²) in [7, 11) is 0. The summed E-state index contributed by atoms with van der Waals surface area (Å²) in [4.78, 5) is 13.6. The molecule has 17 heavy (non-hydrogen) atoms. The number of amides is 1. The Labute approximate surface area is 101 Å². The lowest BCUT2D eigenvalue weighted by Gasteiger charge is -2.47. The third-order valence-corrected chi connectivity index (χ3v) is 3.66. The lowest BCUT2D eigenvalue weighted by atomic mass is 9.73. The summed E-state index contributed by atoms with van der Waals surface area (Å²) in [6, 6.07) is 0. The summed E-state index contributed by atoms with van der Waals surface area (Å²) in [6.45, 7) is 5.58. The Hall–Kier alpha value is -0.810. The number of nitrogens with zero attached hydrogens (tertiary/aromatic N) is 1. The van der Waals surface area contributed by atoms with Crippen molar-refractivity contribution in [2.24, 2.45) is 0 Å². The van der Waals surface area contributed by atoms with Crippen molar-refractivity contribution in [3.05, 3.63) is 0 Å². The molecule has 1 saturated heterocycles. The number of hydrogen-bond donors (Lipinski definition) is 2. The first-order valence-corrected chi connectivity index (χ1v) is 6.13. The Kier molecular flexibility index (Phi) is 2.86. The van der Waals surface area contributed by atoms with E-state index < -0.39 is 29.4 Å². The maximum atomic E-state index is 12.0. The van der Waals surface area contributed by atoms with Crippen molar-refractivity contribution in [1.82, 2.24) is 4.90 Å². The normalized spacial score (nSPS) is 31.5. The lowest BCUT2D eigenvalue weighted by molar-refractivity contribution is -0.0588. The van der Waals surface area contributed by atoms with E-state index in [9.17, 15) is 15.0 Å². The minimum absolute atomic E-state index is 0.163. The van der Waals surface area contributed by atoms with E-state index in [0.29, 0.717) is 0 Å². The van der Waals surface area contributed by atoms with Crippen LogP contribution in [0.2, 0.25) is 0 Å². The third-order valence-electron chi connectivity index (χ3n) is 3.66. The number of rotatable bonds is 0. The molecule has 2 aliphatic rings. The molecule has 5 heteroatoms. The zero-order valence-corrected chi connectivity index (χ0v) is 10.6. The van der Waals surface area contributed by atoms with Gasteiger partial charge in [0.2, 0.25) is 0 Å². The quantitative estimate of drug-likeness (QED) is 0.662. The van der Waals surface area contributed by atoms with Crippen LogP contribution in [-0.2, 0) is 4.74 Å². The fourth-order valence-electron chi connectivity index (χ4n) is 2.66. The van der Waals surface area contributed by atoms with Crippen LogP contribution in [0.5, 0.6) is 0 Å². The molecule has 0 bridgehead atoms. The van der Waals surface area contributed by atoms with Crippen LogP contribution >= 0.6 is 0 Å². The topological polar surface area (TPSA) is 70.0 Å². The molecule has 0 aromatic heterocycles. The van der Waals surface area contributed by atoms with Gasteiger partial charge in [0, 0.05) is 0 Å². The molecule has 2 fully saturated rings. The van der Waals surface area contributed by atoms with Gasteiger partial charge in [-0.3, -0.25) is 4.90 Å². The predicted octanol–water partition coefficient (Wildman–Crippen LogP) is 0.882. The van der Waals surface area contributed by atoms with Gasteiger partial charge in [-0.1, -0.05) is 0 Å². The van der Waals surface area contributed by atoms with Crippen LogP contribution in [0.1, 0.15) is 40.0 Å². The minimum Gasteiger partial charge on any atom is -0.444 e. The maximum Gasteiger partial charge on any atom is 0.410 e. The molecule has 5 nitrogen and oxygen atoms in total. The highest BCUT2D eigenvalue weighted by Gasteiger charge is 2.58. The average Bonchev–Trinajstić information content (AvgIpc) is 2.36. The molecule has 98 valence electrons. The second kappa shape index (κ2) is 3.85. The van der Waals surface area contributed by atoms with Gasteiger partial charge >= 0.3 is 6.09 Å². The zero-order chi connectivity index (χ0) is 12.8. The first-order chi connectivity index (χ1) is 7.76. The molecule has 0 radical (unpaired) electrons. The number of carbonyl (C=O) groups is 1. The van der Waals surface area contributed by atoms with Crippen LogP contribution in [0.15, 0.2) is 0 Å². The van der Waals surface area contributed by atoms with E-state index >= 15 is 0 Å². The standard InChI is InChI=1S/C12H21NO4/c1-11(2,3)17-10(16)13-7-8(14)9(15)12(13)5-4-6-12/h8-9,14-15H,4-7H2,1-3H3/t8-,9-/m1/s1. The monoisotopic (exact) mass is 243 g/mol. The van der Waals surface area contributed by atoms with Crippen molar-refractivity contribution < 1.29 is 19.7 Å². The van der Waals surface area contributed by atoms with Crippen LogP contribution in [0.3, 0.4) is 0 Å². The third kappa shape index (κ3) is 2.02. The fraction of sp³-hybridized carbons (Fsp3) is 0.917. The van der Waals surface area contributed by atoms with E-state index in [4.69, 9.17) is 4.74 Å². The molecule has 1 aliphatic heterocycles. The van der Waals surface area contributed by atoms with Gasteiger partial charge in [0.25, 0.3) is 0 Å². The molecule has 0 aromatic rings. The van der Waals surface area contributed by atoms with Crippen molar-refractivity contribution in [2.75, 3.05) is 6.54 Å².